The number of ether oxygens (including phenoxy) is 2. The van der Waals surface area contributed by atoms with Gasteiger partial charge >= 0.3 is 11.9 Å². The Labute approximate surface area is 184 Å². The topological polar surface area (TPSA) is 52.6 Å². The zero-order chi connectivity index (χ0) is 21.4. The molecular weight excluding hydrogens is 388 g/mol. The van der Waals surface area contributed by atoms with Crippen LogP contribution in [0.15, 0.2) is 0 Å². The molecular formula is C24H45ClO4. The fraction of sp³-hybridized carbons (Fsp3) is 0.917. The molecule has 0 spiro atoms. The molecule has 0 aliphatic carbocycles. The Hall–Kier alpha value is -0.770. The molecule has 0 amide bonds. The number of alkyl halides is 1. The van der Waals surface area contributed by atoms with E-state index in [4.69, 9.17) is 21.1 Å². The molecule has 0 N–H and O–H groups in total. The Balaban J connectivity index is 3.31. The van der Waals surface area contributed by atoms with Gasteiger partial charge in [-0.2, -0.15) is 0 Å². The van der Waals surface area contributed by atoms with E-state index in [1.54, 1.807) is 0 Å². The fourth-order valence-corrected chi connectivity index (χ4v) is 3.40. The summed E-state index contributed by atoms with van der Waals surface area (Å²) in [5.41, 5.74) is 0. The first-order valence-corrected chi connectivity index (χ1v) is 12.6. The van der Waals surface area contributed by atoms with E-state index in [-0.39, 0.29) is 24.8 Å². The molecule has 0 saturated carbocycles. The second-order valence-electron chi connectivity index (χ2n) is 7.93. The molecule has 0 fully saturated rings. The van der Waals surface area contributed by atoms with Crippen molar-refractivity contribution in [2.24, 2.45) is 0 Å². The molecule has 0 aliphatic heterocycles. The Morgan fingerprint density at radius 2 is 0.897 bits per heavy atom. The molecule has 0 atom stereocenters. The number of halogens is 1. The van der Waals surface area contributed by atoms with Gasteiger partial charge in [0.15, 0.2) is 0 Å². The molecule has 0 aromatic heterocycles. The number of carbonyl (C=O) groups is 2. The van der Waals surface area contributed by atoms with Gasteiger partial charge in [0.2, 0.25) is 0 Å². The van der Waals surface area contributed by atoms with Crippen molar-refractivity contribution in [1.82, 2.24) is 0 Å². The molecule has 5 heteroatoms. The van der Waals surface area contributed by atoms with E-state index in [1.165, 1.54) is 64.2 Å². The monoisotopic (exact) mass is 432 g/mol. The van der Waals surface area contributed by atoms with E-state index >= 15 is 0 Å². The molecule has 0 unspecified atom stereocenters. The van der Waals surface area contributed by atoms with Gasteiger partial charge < -0.3 is 9.47 Å². The molecule has 0 aromatic rings. The zero-order valence-electron chi connectivity index (χ0n) is 18.9. The van der Waals surface area contributed by atoms with Crippen LogP contribution in [0.4, 0.5) is 0 Å². The Morgan fingerprint density at radius 3 is 1.28 bits per heavy atom. The second-order valence-corrected chi connectivity index (χ2v) is 8.31. The van der Waals surface area contributed by atoms with Crippen LogP contribution in [0.25, 0.3) is 0 Å². The average molecular weight is 433 g/mol. The van der Waals surface area contributed by atoms with Crippen LogP contribution in [0.3, 0.4) is 0 Å². The van der Waals surface area contributed by atoms with Crippen molar-refractivity contribution in [3.05, 3.63) is 0 Å². The van der Waals surface area contributed by atoms with Gasteiger partial charge in [0.1, 0.15) is 0 Å². The van der Waals surface area contributed by atoms with Gasteiger partial charge in [0.25, 0.3) is 0 Å². The van der Waals surface area contributed by atoms with Gasteiger partial charge in [-0.25, -0.2) is 0 Å². The first-order valence-electron chi connectivity index (χ1n) is 12.1. The number of esters is 2. The zero-order valence-corrected chi connectivity index (χ0v) is 19.6. The number of hydrogen-bond acceptors (Lipinski definition) is 4. The quantitative estimate of drug-likeness (QED) is 0.102. The van der Waals surface area contributed by atoms with E-state index in [0.29, 0.717) is 13.2 Å². The normalized spacial score (nSPS) is 10.8. The van der Waals surface area contributed by atoms with Crippen molar-refractivity contribution in [3.8, 4) is 0 Å². The summed E-state index contributed by atoms with van der Waals surface area (Å²) in [4.78, 5) is 23.3. The first-order chi connectivity index (χ1) is 14.2. The predicted octanol–water partition coefficient (Wildman–Crippen LogP) is 7.35. The van der Waals surface area contributed by atoms with Crippen molar-refractivity contribution >= 4 is 23.5 Å². The highest BCUT2D eigenvalue weighted by atomic mass is 35.5. The molecule has 0 radical (unpaired) electrons. The Kier molecular flexibility index (Phi) is 22.9. The van der Waals surface area contributed by atoms with Crippen molar-refractivity contribution in [1.29, 1.82) is 0 Å². The summed E-state index contributed by atoms with van der Waals surface area (Å²) in [6.07, 6.45) is 19.3. The van der Waals surface area contributed by atoms with Gasteiger partial charge in [0.05, 0.1) is 26.1 Å². The minimum Gasteiger partial charge on any atom is -0.466 e. The minimum atomic E-state index is -0.303. The summed E-state index contributed by atoms with van der Waals surface area (Å²) in [6.45, 7) is 3.16. The van der Waals surface area contributed by atoms with Gasteiger partial charge in [-0.05, 0) is 19.3 Å². The lowest BCUT2D eigenvalue weighted by Gasteiger charge is -2.06. The van der Waals surface area contributed by atoms with E-state index in [9.17, 15) is 9.59 Å². The van der Waals surface area contributed by atoms with Crippen molar-refractivity contribution in [2.45, 2.75) is 122 Å². The third-order valence-corrected chi connectivity index (χ3v) is 5.35. The third kappa shape index (κ3) is 23.4. The van der Waals surface area contributed by atoms with Gasteiger partial charge in [-0.15, -0.1) is 11.6 Å². The van der Waals surface area contributed by atoms with E-state index in [0.717, 1.165) is 44.4 Å². The summed E-state index contributed by atoms with van der Waals surface area (Å²) in [7, 11) is 0. The predicted molar refractivity (Wildman–Crippen MR) is 121 cm³/mol. The molecule has 0 aromatic carbocycles. The number of rotatable bonds is 22. The highest BCUT2D eigenvalue weighted by Crippen LogP contribution is 2.11. The van der Waals surface area contributed by atoms with Crippen LogP contribution in [0.1, 0.15) is 122 Å². The van der Waals surface area contributed by atoms with Crippen LogP contribution in [-0.2, 0) is 19.1 Å². The largest absolute Gasteiger partial charge is 0.466 e. The van der Waals surface area contributed by atoms with Crippen LogP contribution >= 0.6 is 11.6 Å². The highest BCUT2D eigenvalue weighted by molar-refractivity contribution is 6.17. The lowest BCUT2D eigenvalue weighted by atomic mass is 10.1. The summed E-state index contributed by atoms with van der Waals surface area (Å²) in [5.74, 6) is 0.138. The smallest absolute Gasteiger partial charge is 0.306 e. The molecule has 29 heavy (non-hydrogen) atoms. The minimum absolute atomic E-state index is 0.118. The maximum absolute atomic E-state index is 11.7. The van der Waals surface area contributed by atoms with Crippen LogP contribution in [0.2, 0.25) is 0 Å². The lowest BCUT2D eigenvalue weighted by molar-refractivity contribution is -0.150. The maximum Gasteiger partial charge on any atom is 0.306 e. The fourth-order valence-electron chi connectivity index (χ4n) is 3.21. The summed E-state index contributed by atoms with van der Waals surface area (Å²) in [6, 6.07) is 0. The van der Waals surface area contributed by atoms with Crippen LogP contribution in [0, 0.1) is 0 Å². The SMILES string of the molecule is CCCCCCCCCCCCOC(=O)CCC(=O)OCCCCCCCCCl. The average Bonchev–Trinajstić information content (AvgIpc) is 2.72. The van der Waals surface area contributed by atoms with Crippen molar-refractivity contribution in [3.63, 3.8) is 0 Å². The van der Waals surface area contributed by atoms with Crippen molar-refractivity contribution in [2.75, 3.05) is 19.1 Å². The molecule has 172 valence electrons. The third-order valence-electron chi connectivity index (χ3n) is 5.09. The molecule has 0 rings (SSSR count). The summed E-state index contributed by atoms with van der Waals surface area (Å²) in [5, 5.41) is 0. The van der Waals surface area contributed by atoms with Crippen LogP contribution < -0.4 is 0 Å². The molecule has 0 saturated heterocycles. The van der Waals surface area contributed by atoms with E-state index < -0.39 is 0 Å². The number of hydrogen-bond donors (Lipinski definition) is 0. The van der Waals surface area contributed by atoms with E-state index in [2.05, 4.69) is 6.92 Å². The molecule has 4 nitrogen and oxygen atoms in total. The molecule has 0 bridgehead atoms. The summed E-state index contributed by atoms with van der Waals surface area (Å²) < 4.78 is 10.4. The summed E-state index contributed by atoms with van der Waals surface area (Å²) >= 11 is 5.64. The van der Waals surface area contributed by atoms with Gasteiger partial charge in [-0.3, -0.25) is 9.59 Å². The van der Waals surface area contributed by atoms with Gasteiger partial charge in [0, 0.05) is 5.88 Å². The number of unbranched alkanes of at least 4 members (excludes halogenated alkanes) is 14. The lowest BCUT2D eigenvalue weighted by Crippen LogP contribution is -2.11. The standard InChI is InChI=1S/C24H45ClO4/c1-2-3-4-5-6-7-8-10-13-16-21-28-23(26)18-19-24(27)29-22-17-14-11-9-12-15-20-25/h2-22H2,1H3. The first kappa shape index (κ1) is 28.2. The Morgan fingerprint density at radius 1 is 0.552 bits per heavy atom. The maximum atomic E-state index is 11.7. The molecule has 0 heterocycles. The van der Waals surface area contributed by atoms with Gasteiger partial charge in [-0.1, -0.05) is 90.4 Å². The van der Waals surface area contributed by atoms with E-state index in [1.807, 2.05) is 0 Å². The Bertz CT molecular complexity index is 374. The van der Waals surface area contributed by atoms with Crippen LogP contribution in [-0.4, -0.2) is 31.0 Å². The van der Waals surface area contributed by atoms with Crippen LogP contribution in [0.5, 0.6) is 0 Å². The second kappa shape index (κ2) is 23.5. The highest BCUT2D eigenvalue weighted by Gasteiger charge is 2.09. The molecule has 0 aliphatic rings. The van der Waals surface area contributed by atoms with Crippen molar-refractivity contribution < 1.29 is 19.1 Å². The number of carbonyl (C=O) groups excluding carboxylic acids is 2.